The van der Waals surface area contributed by atoms with Crippen LogP contribution in [0.3, 0.4) is 0 Å². The zero-order valence-electron chi connectivity index (χ0n) is 16.4. The molecule has 9 heteroatoms. The van der Waals surface area contributed by atoms with Crippen molar-refractivity contribution in [3.8, 4) is 11.5 Å². The van der Waals surface area contributed by atoms with Crippen molar-refractivity contribution < 1.29 is 29.1 Å². The van der Waals surface area contributed by atoms with Crippen LogP contribution in [0, 0.1) is 5.41 Å². The number of aromatic carboxylic acids is 1. The predicted molar refractivity (Wildman–Crippen MR) is 104 cm³/mol. The molecule has 4 N–H and O–H groups in total. The molecular weight excluding hydrogens is 363 g/mol. The number of amides is 1. The summed E-state index contributed by atoms with van der Waals surface area (Å²) in [5, 5.41) is 25.4. The van der Waals surface area contributed by atoms with Gasteiger partial charge in [-0.2, -0.15) is 0 Å². The Kier molecular flexibility index (Phi) is 5.86. The van der Waals surface area contributed by atoms with Crippen molar-refractivity contribution in [3.63, 3.8) is 0 Å². The Hall–Kier alpha value is -2.26. The van der Waals surface area contributed by atoms with Crippen molar-refractivity contribution in [2.75, 3.05) is 13.1 Å². The van der Waals surface area contributed by atoms with E-state index in [0.717, 1.165) is 18.5 Å². The van der Waals surface area contributed by atoms with Crippen LogP contribution >= 0.6 is 0 Å². The third-order valence-electron chi connectivity index (χ3n) is 5.12. The highest BCUT2D eigenvalue weighted by molar-refractivity contribution is 6.44. The maximum Gasteiger partial charge on any atom is 0.522 e. The molecule has 8 nitrogen and oxygen atoms in total. The van der Waals surface area contributed by atoms with E-state index in [-0.39, 0.29) is 41.0 Å². The molecule has 0 aliphatic carbocycles. The molecule has 0 saturated carbocycles. The lowest BCUT2D eigenvalue weighted by molar-refractivity contribution is -0.123. The summed E-state index contributed by atoms with van der Waals surface area (Å²) in [7, 11) is -1.03. The number of nitrogens with one attached hydrogen (secondary N) is 2. The van der Waals surface area contributed by atoms with E-state index in [9.17, 15) is 19.7 Å². The molecule has 2 aliphatic rings. The Bertz CT molecular complexity index is 769. The van der Waals surface area contributed by atoms with Gasteiger partial charge in [0.25, 0.3) is 0 Å². The molecule has 0 aromatic heterocycles. The summed E-state index contributed by atoms with van der Waals surface area (Å²) in [6, 6.07) is 3.12. The lowest BCUT2D eigenvalue weighted by Gasteiger charge is -2.24. The molecule has 1 fully saturated rings. The Morgan fingerprint density at radius 1 is 1.46 bits per heavy atom. The number of aryl methyl sites for hydroxylation is 1. The topological polar surface area (TPSA) is 117 Å². The highest BCUT2D eigenvalue weighted by Crippen LogP contribution is 2.36. The molecule has 2 aliphatic heterocycles. The van der Waals surface area contributed by atoms with Gasteiger partial charge in [0, 0.05) is 6.54 Å². The van der Waals surface area contributed by atoms with Crippen LogP contribution in [0.1, 0.15) is 43.1 Å². The minimum absolute atomic E-state index is 0.0867. The molecule has 1 aromatic carbocycles. The van der Waals surface area contributed by atoms with Gasteiger partial charge in [-0.1, -0.05) is 19.9 Å². The molecule has 2 heterocycles. The van der Waals surface area contributed by atoms with E-state index in [4.69, 9.17) is 9.39 Å². The van der Waals surface area contributed by atoms with E-state index in [1.807, 2.05) is 0 Å². The molecule has 1 aromatic rings. The molecule has 0 spiro atoms. The number of carboxylic acid groups (broad SMARTS) is 1. The van der Waals surface area contributed by atoms with Gasteiger partial charge in [-0.25, -0.2) is 4.79 Å². The normalized spacial score (nSPS) is 21.4. The summed E-state index contributed by atoms with van der Waals surface area (Å²) in [5.74, 6) is -0.967. The number of carboxylic acids is 1. The van der Waals surface area contributed by atoms with Crippen molar-refractivity contribution in [2.24, 2.45) is 5.41 Å². The molecule has 1 saturated heterocycles. The molecule has 28 heavy (non-hydrogen) atoms. The van der Waals surface area contributed by atoms with Gasteiger partial charge in [0.15, 0.2) is 0 Å². The monoisotopic (exact) mass is 390 g/mol. The average molecular weight is 390 g/mol. The molecule has 0 radical (unpaired) electrons. The van der Waals surface area contributed by atoms with Gasteiger partial charge in [-0.3, -0.25) is 4.79 Å². The molecule has 1 amide bonds. The number of rotatable bonds is 6. The summed E-state index contributed by atoms with van der Waals surface area (Å²) < 4.78 is 11.1. The second-order valence-electron chi connectivity index (χ2n) is 8.32. The fourth-order valence-electron chi connectivity index (χ4n) is 3.62. The number of carbonyl (C=O) groups is 2. The largest absolute Gasteiger partial charge is 0.535 e. The number of carbonyl (C=O) groups excluding carboxylic acids is 1. The van der Waals surface area contributed by atoms with Crippen LogP contribution in [0.25, 0.3) is 0 Å². The van der Waals surface area contributed by atoms with Crippen molar-refractivity contribution in [1.82, 2.24) is 10.6 Å². The predicted octanol–water partition coefficient (Wildman–Crippen LogP) is 1.07. The van der Waals surface area contributed by atoms with Gasteiger partial charge >= 0.3 is 13.1 Å². The molecule has 3 rings (SSSR count). The highest BCUT2D eigenvalue weighted by Gasteiger charge is 2.35. The lowest BCUT2D eigenvalue weighted by Crippen LogP contribution is -2.43. The maximum absolute atomic E-state index is 12.3. The van der Waals surface area contributed by atoms with Crippen LogP contribution in [0.5, 0.6) is 11.5 Å². The first-order valence-electron chi connectivity index (χ1n) is 9.58. The minimum Gasteiger partial charge on any atom is -0.535 e. The third-order valence-corrected chi connectivity index (χ3v) is 5.12. The second kappa shape index (κ2) is 8.01. The van der Waals surface area contributed by atoms with Crippen LogP contribution in [0.4, 0.5) is 0 Å². The molecular formula is C19H27BN2O6. The van der Waals surface area contributed by atoms with Crippen LogP contribution in [0.15, 0.2) is 12.1 Å². The minimum atomic E-state index is -1.19. The fraction of sp³-hybridized carbons (Fsp3) is 0.579. The van der Waals surface area contributed by atoms with Crippen LogP contribution in [-0.2, 0) is 11.2 Å². The third kappa shape index (κ3) is 4.59. The average Bonchev–Trinajstić information content (AvgIpc) is 2.99. The summed E-state index contributed by atoms with van der Waals surface area (Å²) in [6.07, 6.45) is 1.28. The summed E-state index contributed by atoms with van der Waals surface area (Å²) in [4.78, 5) is 24.1. The summed E-state index contributed by atoms with van der Waals surface area (Å²) in [5.41, 5.74) is 0.716. The van der Waals surface area contributed by atoms with Gasteiger partial charge in [0.05, 0.1) is 12.6 Å². The van der Waals surface area contributed by atoms with Crippen molar-refractivity contribution in [3.05, 3.63) is 23.3 Å². The van der Waals surface area contributed by atoms with E-state index in [2.05, 4.69) is 24.5 Å². The Morgan fingerprint density at radius 3 is 2.86 bits per heavy atom. The SMILES string of the molecule is CC(CNC(=O)[C@@H]1CC(C)(C)CN1)Oc1ccc2c(c1C(=O)O)OB(O)CC2. The first-order valence-corrected chi connectivity index (χ1v) is 9.58. The standard InChI is InChI=1S/C19H27BN2O6/c1-11(9-21-17(23)13-8-19(2,3)10-22-13)27-14-5-4-12-6-7-20(26)28-16(12)15(14)18(24)25/h4-5,11,13,22,26H,6-10H2,1-3H3,(H,21,23)(H,24,25)/t11?,13-/m0/s1. The smallest absolute Gasteiger partial charge is 0.522 e. The lowest BCUT2D eigenvalue weighted by atomic mass is 9.78. The number of ether oxygens (including phenoxy) is 1. The number of benzene rings is 1. The van der Waals surface area contributed by atoms with Gasteiger partial charge < -0.3 is 30.2 Å². The molecule has 1 unspecified atom stereocenters. The first kappa shape index (κ1) is 20.5. The highest BCUT2D eigenvalue weighted by atomic mass is 16.5. The first-order chi connectivity index (χ1) is 13.2. The number of hydrogen-bond donors (Lipinski definition) is 4. The Balaban J connectivity index is 1.64. The number of hydrogen-bond acceptors (Lipinski definition) is 6. The maximum atomic E-state index is 12.3. The quantitative estimate of drug-likeness (QED) is 0.537. The summed E-state index contributed by atoms with van der Waals surface area (Å²) >= 11 is 0. The van der Waals surface area contributed by atoms with Gasteiger partial charge in [-0.15, -0.1) is 0 Å². The van der Waals surface area contributed by atoms with Crippen molar-refractivity contribution in [2.45, 2.75) is 52.1 Å². The second-order valence-corrected chi connectivity index (χ2v) is 8.32. The molecule has 0 bridgehead atoms. The molecule has 152 valence electrons. The van der Waals surface area contributed by atoms with Gasteiger partial charge in [0.1, 0.15) is 23.2 Å². The zero-order chi connectivity index (χ0) is 20.5. The van der Waals surface area contributed by atoms with Crippen molar-refractivity contribution >= 4 is 19.0 Å². The van der Waals surface area contributed by atoms with Crippen molar-refractivity contribution in [1.29, 1.82) is 0 Å². The van der Waals surface area contributed by atoms with Gasteiger partial charge in [0.2, 0.25) is 5.91 Å². The fourth-order valence-corrected chi connectivity index (χ4v) is 3.62. The number of fused-ring (bicyclic) bond motifs is 1. The van der Waals surface area contributed by atoms with Crippen LogP contribution in [-0.4, -0.2) is 54.4 Å². The molecule has 2 atom stereocenters. The Morgan fingerprint density at radius 2 is 2.21 bits per heavy atom. The van der Waals surface area contributed by atoms with Crippen LogP contribution in [0.2, 0.25) is 6.32 Å². The summed E-state index contributed by atoms with van der Waals surface area (Å²) in [6.45, 7) is 7.02. The van der Waals surface area contributed by atoms with E-state index in [0.29, 0.717) is 12.7 Å². The van der Waals surface area contributed by atoms with E-state index < -0.39 is 19.2 Å². The van der Waals surface area contributed by atoms with E-state index in [1.165, 1.54) is 0 Å². The van der Waals surface area contributed by atoms with Gasteiger partial charge in [-0.05, 0) is 43.1 Å². The van der Waals surface area contributed by atoms with E-state index in [1.54, 1.807) is 19.1 Å². The van der Waals surface area contributed by atoms with E-state index >= 15 is 0 Å². The Labute approximate surface area is 164 Å². The zero-order valence-corrected chi connectivity index (χ0v) is 16.4. The van der Waals surface area contributed by atoms with Crippen LogP contribution < -0.4 is 20.0 Å².